The summed E-state index contributed by atoms with van der Waals surface area (Å²) in [6.07, 6.45) is 0. The molecule has 0 amide bonds. The van der Waals surface area contributed by atoms with Crippen molar-refractivity contribution in [2.75, 3.05) is 0 Å². The van der Waals surface area contributed by atoms with E-state index >= 15 is 0 Å². The van der Waals surface area contributed by atoms with E-state index in [1.54, 1.807) is 0 Å². The van der Waals surface area contributed by atoms with Crippen molar-refractivity contribution in [3.63, 3.8) is 0 Å². The average molecular weight is 625 g/mol. The minimum Gasteiger partial charge on any atom is -2.00 e. The number of rotatable bonds is 0. The van der Waals surface area contributed by atoms with Crippen molar-refractivity contribution in [3.8, 4) is 0 Å². The molecular weight excluding hydrogens is 625 g/mol. The van der Waals surface area contributed by atoms with Crippen LogP contribution in [-0.2, 0) is 61.5 Å². The van der Waals surface area contributed by atoms with Crippen LogP contribution in [-0.4, -0.2) is 52.4 Å². The Morgan fingerprint density at radius 2 is 0.333 bits per heavy atom. The smallest absolute Gasteiger partial charge is 2.00 e. The quantitative estimate of drug-likeness (QED) is 0.294. The molecule has 9 heavy (non-hydrogen) atoms. The van der Waals surface area contributed by atoms with Crippen LogP contribution in [0.5, 0.6) is 0 Å². The Balaban J connectivity index is 0. The number of hydrogen-bond acceptors (Lipinski definition) is 0. The van der Waals surface area contributed by atoms with Gasteiger partial charge in [0.25, 0.3) is 0 Å². The summed E-state index contributed by atoms with van der Waals surface area (Å²) in [5, 5.41) is 0. The third-order valence-corrected chi connectivity index (χ3v) is 0. The molecule has 0 aromatic carbocycles. The van der Waals surface area contributed by atoms with E-state index in [1.807, 2.05) is 0 Å². The van der Waals surface area contributed by atoms with Gasteiger partial charge in [-0.2, -0.15) is 0 Å². The van der Waals surface area contributed by atoms with Crippen LogP contribution in [0.1, 0.15) is 0 Å². The van der Waals surface area contributed by atoms with Gasteiger partial charge in [-0.3, -0.25) is 0 Å². The van der Waals surface area contributed by atoms with Crippen LogP contribution < -0.4 is 0 Å². The first kappa shape index (κ1) is 192. The first-order valence-electron chi connectivity index (χ1n) is 0. The minimum absolute atomic E-state index is 0. The van der Waals surface area contributed by atoms with Crippen molar-refractivity contribution in [2.24, 2.45) is 0 Å². The van der Waals surface area contributed by atoms with Gasteiger partial charge in [0.1, 0.15) is 0 Å². The van der Waals surface area contributed by atoms with Crippen molar-refractivity contribution in [1.82, 2.24) is 0 Å². The summed E-state index contributed by atoms with van der Waals surface area (Å²) in [6.45, 7) is 0. The Labute approximate surface area is 112 Å². The van der Waals surface area contributed by atoms with Crippen LogP contribution in [0, 0.1) is 0 Å². The first-order chi connectivity index (χ1) is 0. The van der Waals surface area contributed by atoms with Gasteiger partial charge in [0.15, 0.2) is 0 Å². The molecule has 0 N–H and O–H groups in total. The van der Waals surface area contributed by atoms with E-state index in [0.717, 1.165) is 0 Å². The second-order valence-corrected chi connectivity index (χ2v) is 0. The van der Waals surface area contributed by atoms with E-state index < -0.39 is 0 Å². The Kier molecular flexibility index (Phi) is 3080. The molecular formula is Bi2Cu2O5. The van der Waals surface area contributed by atoms with Crippen molar-refractivity contribution < 1.29 is 61.5 Å². The van der Waals surface area contributed by atoms with Gasteiger partial charge in [-0.05, 0) is 0 Å². The fourth-order valence-electron chi connectivity index (χ4n) is 0. The molecule has 0 fully saturated rings. The van der Waals surface area contributed by atoms with E-state index in [2.05, 4.69) is 0 Å². The fraction of sp³-hybridized carbons (Fsp3) is 0. The Morgan fingerprint density at radius 1 is 0.333 bits per heavy atom. The van der Waals surface area contributed by atoms with Gasteiger partial charge in [0.2, 0.25) is 0 Å². The van der Waals surface area contributed by atoms with Gasteiger partial charge >= 0.3 is 86.5 Å². The van der Waals surface area contributed by atoms with Crippen LogP contribution >= 0.6 is 0 Å². The molecule has 0 aliphatic carbocycles. The molecule has 0 spiro atoms. The molecule has 0 atom stereocenters. The van der Waals surface area contributed by atoms with Crippen molar-refractivity contribution in [2.45, 2.75) is 0 Å². The summed E-state index contributed by atoms with van der Waals surface area (Å²) < 4.78 is 0. The maximum absolute atomic E-state index is 0. The van der Waals surface area contributed by atoms with Gasteiger partial charge in [-0.25, -0.2) is 0 Å². The number of hydrogen-bond donors (Lipinski definition) is 0. The van der Waals surface area contributed by atoms with Crippen LogP contribution in [0.2, 0.25) is 0 Å². The molecule has 0 heterocycles. The molecule has 0 saturated carbocycles. The standard InChI is InChI=1S/2Bi.2Cu.5O/q2*+3;2*+2;5*-2. The summed E-state index contributed by atoms with van der Waals surface area (Å²) >= 11 is 0. The topological polar surface area (TPSA) is 142 Å². The van der Waals surface area contributed by atoms with E-state index in [1.165, 1.54) is 0 Å². The molecule has 0 rings (SSSR count). The third-order valence-electron chi connectivity index (χ3n) is 0. The predicted octanol–water partition coefficient (Wildman–Crippen LogP) is -1.36. The van der Waals surface area contributed by atoms with Gasteiger partial charge < -0.3 is 27.4 Å². The molecule has 62 valence electrons. The Morgan fingerprint density at radius 3 is 0.333 bits per heavy atom. The maximum Gasteiger partial charge on any atom is 3.00 e. The molecule has 0 unspecified atom stereocenters. The molecule has 5 nitrogen and oxygen atoms in total. The second-order valence-electron chi connectivity index (χ2n) is 0. The van der Waals surface area contributed by atoms with Gasteiger partial charge in [0.05, 0.1) is 0 Å². The Hall–Kier alpha value is 2.61. The fourth-order valence-corrected chi connectivity index (χ4v) is 0. The van der Waals surface area contributed by atoms with Crippen molar-refractivity contribution >= 4 is 52.4 Å². The normalized spacial score (nSPS) is 0. The van der Waals surface area contributed by atoms with Crippen LogP contribution in [0.25, 0.3) is 0 Å². The van der Waals surface area contributed by atoms with E-state index in [0.29, 0.717) is 0 Å². The summed E-state index contributed by atoms with van der Waals surface area (Å²) in [5.74, 6) is 0. The maximum atomic E-state index is 0. The summed E-state index contributed by atoms with van der Waals surface area (Å²) in [4.78, 5) is 0. The summed E-state index contributed by atoms with van der Waals surface area (Å²) in [5.41, 5.74) is 0. The van der Waals surface area contributed by atoms with Crippen LogP contribution in [0.15, 0.2) is 0 Å². The molecule has 0 aliphatic heterocycles. The largest absolute Gasteiger partial charge is 3.00 e. The molecule has 0 saturated heterocycles. The van der Waals surface area contributed by atoms with Gasteiger partial charge in [-0.1, -0.05) is 0 Å². The van der Waals surface area contributed by atoms with Crippen LogP contribution in [0.3, 0.4) is 0 Å². The van der Waals surface area contributed by atoms with Crippen LogP contribution in [0.4, 0.5) is 0 Å². The molecule has 0 bridgehead atoms. The average Bonchev–Trinajstić information content (AvgIpc) is 0. The van der Waals surface area contributed by atoms with E-state index in [9.17, 15) is 0 Å². The SMILES string of the molecule is [Bi+3].[Bi+3].[Cu+2].[Cu+2].[O-2].[O-2].[O-2].[O-2].[O-2]. The monoisotopic (exact) mass is 624 g/mol. The van der Waals surface area contributed by atoms with Gasteiger partial charge in [0, 0.05) is 0 Å². The van der Waals surface area contributed by atoms with Crippen molar-refractivity contribution in [3.05, 3.63) is 0 Å². The Bertz CT molecular complexity index is 12.9. The zero-order valence-electron chi connectivity index (χ0n) is 3.54. The van der Waals surface area contributed by atoms with Gasteiger partial charge in [-0.15, -0.1) is 0 Å². The molecule has 9 heteroatoms. The minimum atomic E-state index is 0. The third kappa shape index (κ3) is 116. The first-order valence-corrected chi connectivity index (χ1v) is 0. The summed E-state index contributed by atoms with van der Waals surface area (Å²) in [7, 11) is 0. The van der Waals surface area contributed by atoms with E-state index in [4.69, 9.17) is 0 Å². The zero-order valence-corrected chi connectivity index (χ0v) is 12.4. The second kappa shape index (κ2) is 144. The summed E-state index contributed by atoms with van der Waals surface area (Å²) in [6, 6.07) is 0. The predicted molar refractivity (Wildman–Crippen MR) is 14.9 cm³/mol. The zero-order chi connectivity index (χ0) is 0. The molecule has 0 aromatic heterocycles. The molecule has 0 aliphatic rings. The van der Waals surface area contributed by atoms with E-state index in [-0.39, 0.29) is 114 Å². The molecule has 6 radical (unpaired) electrons. The van der Waals surface area contributed by atoms with Crippen molar-refractivity contribution in [1.29, 1.82) is 0 Å². The molecule has 0 aromatic rings.